The standard InChI is InChI=1S/C10H13FN4O5S/c11-8-5-7(15(16)17)6-9(13-12)10(8)21(18,19)14-1-3-20-4-2-14/h5-6,13H,1-4,12H2. The summed E-state index contributed by atoms with van der Waals surface area (Å²) < 4.78 is 45.0. The zero-order chi connectivity index (χ0) is 15.6. The Kier molecular flexibility index (Phi) is 4.37. The van der Waals surface area contributed by atoms with E-state index in [2.05, 4.69) is 0 Å². The lowest BCUT2D eigenvalue weighted by molar-refractivity contribution is -0.385. The van der Waals surface area contributed by atoms with E-state index in [4.69, 9.17) is 10.6 Å². The molecule has 0 saturated carbocycles. The third kappa shape index (κ3) is 2.95. The minimum absolute atomic E-state index is 0.0722. The van der Waals surface area contributed by atoms with Gasteiger partial charge in [-0.3, -0.25) is 16.0 Å². The fraction of sp³-hybridized carbons (Fsp3) is 0.400. The summed E-state index contributed by atoms with van der Waals surface area (Å²) in [5.41, 5.74) is 1.03. The van der Waals surface area contributed by atoms with E-state index in [0.29, 0.717) is 6.07 Å². The topological polar surface area (TPSA) is 128 Å². The van der Waals surface area contributed by atoms with Crippen LogP contribution in [0, 0.1) is 15.9 Å². The normalized spacial score (nSPS) is 16.7. The Morgan fingerprint density at radius 1 is 1.38 bits per heavy atom. The van der Waals surface area contributed by atoms with Crippen molar-refractivity contribution in [1.29, 1.82) is 0 Å². The van der Waals surface area contributed by atoms with Crippen molar-refractivity contribution in [1.82, 2.24) is 4.31 Å². The van der Waals surface area contributed by atoms with Gasteiger partial charge in [0.05, 0.1) is 29.9 Å². The Labute approximate surface area is 119 Å². The minimum atomic E-state index is -4.16. The number of halogens is 1. The van der Waals surface area contributed by atoms with Crippen LogP contribution in [-0.2, 0) is 14.8 Å². The summed E-state index contributed by atoms with van der Waals surface area (Å²) in [6, 6.07) is 1.42. The summed E-state index contributed by atoms with van der Waals surface area (Å²) in [7, 11) is -4.16. The number of ether oxygens (including phenoxy) is 1. The summed E-state index contributed by atoms with van der Waals surface area (Å²) in [4.78, 5) is 9.13. The molecule has 0 unspecified atom stereocenters. The molecule has 11 heteroatoms. The van der Waals surface area contributed by atoms with Crippen LogP contribution in [0.3, 0.4) is 0 Å². The van der Waals surface area contributed by atoms with Crippen molar-refractivity contribution in [2.24, 2.45) is 5.84 Å². The summed E-state index contributed by atoms with van der Waals surface area (Å²) in [6.07, 6.45) is 0. The fourth-order valence-electron chi connectivity index (χ4n) is 1.97. The molecule has 0 spiro atoms. The van der Waals surface area contributed by atoms with Crippen molar-refractivity contribution in [2.45, 2.75) is 4.90 Å². The molecule has 0 amide bonds. The molecule has 1 heterocycles. The number of nitrogen functional groups attached to an aromatic ring is 1. The quantitative estimate of drug-likeness (QED) is 0.455. The van der Waals surface area contributed by atoms with Crippen LogP contribution in [0.1, 0.15) is 0 Å². The molecule has 21 heavy (non-hydrogen) atoms. The van der Waals surface area contributed by atoms with Crippen molar-refractivity contribution in [3.63, 3.8) is 0 Å². The Bertz CT molecular complexity index is 660. The fourth-order valence-corrected chi connectivity index (χ4v) is 3.56. The first-order valence-corrected chi connectivity index (χ1v) is 7.34. The molecule has 2 rings (SSSR count). The van der Waals surface area contributed by atoms with E-state index in [1.807, 2.05) is 5.43 Å². The van der Waals surface area contributed by atoms with E-state index in [1.54, 1.807) is 0 Å². The van der Waals surface area contributed by atoms with E-state index in [0.717, 1.165) is 10.4 Å². The van der Waals surface area contributed by atoms with Crippen molar-refractivity contribution in [3.8, 4) is 0 Å². The lowest BCUT2D eigenvalue weighted by atomic mass is 10.3. The van der Waals surface area contributed by atoms with Gasteiger partial charge in [0.15, 0.2) is 5.82 Å². The van der Waals surface area contributed by atoms with E-state index < -0.39 is 31.3 Å². The van der Waals surface area contributed by atoms with Gasteiger partial charge in [0.1, 0.15) is 4.90 Å². The number of rotatable bonds is 4. The molecule has 1 aliphatic heterocycles. The molecule has 3 N–H and O–H groups in total. The van der Waals surface area contributed by atoms with Gasteiger partial charge in [-0.05, 0) is 0 Å². The van der Waals surface area contributed by atoms with Gasteiger partial charge in [-0.15, -0.1) is 0 Å². The van der Waals surface area contributed by atoms with E-state index in [-0.39, 0.29) is 32.0 Å². The molecule has 0 bridgehead atoms. The number of benzene rings is 1. The number of nitrogens with two attached hydrogens (primary N) is 1. The summed E-state index contributed by atoms with van der Waals surface area (Å²) in [5.74, 6) is 3.94. The van der Waals surface area contributed by atoms with Crippen molar-refractivity contribution in [2.75, 3.05) is 31.7 Å². The lowest BCUT2D eigenvalue weighted by Crippen LogP contribution is -2.41. The third-order valence-electron chi connectivity index (χ3n) is 2.96. The average molecular weight is 320 g/mol. The number of sulfonamides is 1. The van der Waals surface area contributed by atoms with Gasteiger partial charge in [0, 0.05) is 19.2 Å². The van der Waals surface area contributed by atoms with Gasteiger partial charge in [-0.25, -0.2) is 12.8 Å². The van der Waals surface area contributed by atoms with Gasteiger partial charge in [-0.1, -0.05) is 0 Å². The van der Waals surface area contributed by atoms with Gasteiger partial charge >= 0.3 is 0 Å². The van der Waals surface area contributed by atoms with Crippen molar-refractivity contribution >= 4 is 21.4 Å². The number of morpholine rings is 1. The Morgan fingerprint density at radius 3 is 2.52 bits per heavy atom. The zero-order valence-corrected chi connectivity index (χ0v) is 11.6. The van der Waals surface area contributed by atoms with Crippen LogP contribution in [0.25, 0.3) is 0 Å². The van der Waals surface area contributed by atoms with Gasteiger partial charge < -0.3 is 10.2 Å². The zero-order valence-electron chi connectivity index (χ0n) is 10.8. The molecule has 0 radical (unpaired) electrons. The van der Waals surface area contributed by atoms with Gasteiger partial charge in [-0.2, -0.15) is 4.31 Å². The first-order valence-electron chi connectivity index (χ1n) is 5.90. The number of non-ortho nitro benzene ring substituents is 1. The Balaban J connectivity index is 2.54. The van der Waals surface area contributed by atoms with E-state index in [1.165, 1.54) is 0 Å². The summed E-state index contributed by atoms with van der Waals surface area (Å²) >= 11 is 0. The van der Waals surface area contributed by atoms with Gasteiger partial charge in [0.2, 0.25) is 10.0 Å². The summed E-state index contributed by atoms with van der Waals surface area (Å²) in [5, 5.41) is 10.7. The van der Waals surface area contributed by atoms with Gasteiger partial charge in [0.25, 0.3) is 5.69 Å². The second-order valence-electron chi connectivity index (χ2n) is 4.22. The predicted octanol–water partition coefficient (Wildman–Crippen LogP) is 0.0404. The maximum Gasteiger partial charge on any atom is 0.274 e. The molecular weight excluding hydrogens is 307 g/mol. The Morgan fingerprint density at radius 2 is 2.00 bits per heavy atom. The smallest absolute Gasteiger partial charge is 0.274 e. The predicted molar refractivity (Wildman–Crippen MR) is 70.4 cm³/mol. The molecule has 1 saturated heterocycles. The molecular formula is C10H13FN4O5S. The SMILES string of the molecule is NNc1cc([N+](=O)[O-])cc(F)c1S(=O)(=O)N1CCOCC1. The first kappa shape index (κ1) is 15.6. The maximum atomic E-state index is 14.1. The highest BCUT2D eigenvalue weighted by Gasteiger charge is 2.33. The van der Waals surface area contributed by atoms with Crippen LogP contribution in [0.2, 0.25) is 0 Å². The highest BCUT2D eigenvalue weighted by atomic mass is 32.2. The lowest BCUT2D eigenvalue weighted by Gasteiger charge is -2.26. The third-order valence-corrected chi connectivity index (χ3v) is 4.94. The number of nitro benzene ring substituents is 1. The number of nitrogens with one attached hydrogen (secondary N) is 1. The van der Waals surface area contributed by atoms with Crippen LogP contribution in [0.4, 0.5) is 15.8 Å². The van der Waals surface area contributed by atoms with Crippen molar-refractivity contribution in [3.05, 3.63) is 28.1 Å². The number of nitrogens with zero attached hydrogens (tertiary/aromatic N) is 2. The Hall–Kier alpha value is -1.82. The molecule has 1 aromatic carbocycles. The molecule has 116 valence electrons. The number of hydrazine groups is 1. The number of hydrogen-bond donors (Lipinski definition) is 2. The maximum absolute atomic E-state index is 14.1. The van der Waals surface area contributed by atoms with Crippen LogP contribution < -0.4 is 11.3 Å². The highest BCUT2D eigenvalue weighted by molar-refractivity contribution is 7.89. The largest absolute Gasteiger partial charge is 0.379 e. The van der Waals surface area contributed by atoms with Crippen LogP contribution >= 0.6 is 0 Å². The number of anilines is 1. The number of nitro groups is 1. The van der Waals surface area contributed by atoms with Crippen LogP contribution in [0.5, 0.6) is 0 Å². The van der Waals surface area contributed by atoms with E-state index >= 15 is 0 Å². The van der Waals surface area contributed by atoms with Crippen LogP contribution in [0.15, 0.2) is 17.0 Å². The molecule has 9 nitrogen and oxygen atoms in total. The first-order chi connectivity index (χ1) is 9.87. The molecule has 1 aliphatic rings. The number of hydrogen-bond acceptors (Lipinski definition) is 7. The van der Waals surface area contributed by atoms with E-state index in [9.17, 15) is 22.9 Å². The molecule has 1 fully saturated rings. The molecule has 0 aromatic heterocycles. The monoisotopic (exact) mass is 320 g/mol. The van der Waals surface area contributed by atoms with Crippen LogP contribution in [-0.4, -0.2) is 43.9 Å². The summed E-state index contributed by atoms with van der Waals surface area (Å²) in [6.45, 7) is 0.532. The molecule has 0 aliphatic carbocycles. The van der Waals surface area contributed by atoms with Crippen molar-refractivity contribution < 1.29 is 22.5 Å². The molecule has 0 atom stereocenters. The second-order valence-corrected chi connectivity index (χ2v) is 6.10. The highest BCUT2D eigenvalue weighted by Crippen LogP contribution is 2.31. The average Bonchev–Trinajstić information content (AvgIpc) is 2.46. The minimum Gasteiger partial charge on any atom is -0.379 e. The molecule has 1 aromatic rings. The second kappa shape index (κ2) is 5.89.